The van der Waals surface area contributed by atoms with Crippen LogP contribution in [-0.2, 0) is 10.3 Å². The van der Waals surface area contributed by atoms with Crippen LogP contribution in [0.3, 0.4) is 0 Å². The zero-order valence-electron chi connectivity index (χ0n) is 9.95. The van der Waals surface area contributed by atoms with Gasteiger partial charge in [0.05, 0.1) is 6.21 Å². The lowest BCUT2D eigenvalue weighted by Crippen LogP contribution is -2.10. The summed E-state index contributed by atoms with van der Waals surface area (Å²) in [6.45, 7) is 9.14. The highest BCUT2D eigenvalue weighted by atomic mass is 16.6. The molecule has 0 radical (unpaired) electrons. The summed E-state index contributed by atoms with van der Waals surface area (Å²) in [7, 11) is 0. The van der Waals surface area contributed by atoms with E-state index < -0.39 is 0 Å². The molecule has 0 aliphatic heterocycles. The molecule has 1 rings (SSSR count). The van der Waals surface area contributed by atoms with Gasteiger partial charge in [-0.1, -0.05) is 50.2 Å². The Balaban J connectivity index is 2.73. The van der Waals surface area contributed by atoms with E-state index in [-0.39, 0.29) is 5.41 Å². The minimum Gasteiger partial charge on any atom is -0.396 e. The molecule has 0 spiro atoms. The second-order valence-electron chi connectivity index (χ2n) is 4.52. The van der Waals surface area contributed by atoms with E-state index in [1.54, 1.807) is 6.21 Å². The molecule has 0 aromatic heterocycles. The van der Waals surface area contributed by atoms with Crippen molar-refractivity contribution < 1.29 is 4.84 Å². The lowest BCUT2D eigenvalue weighted by atomic mass is 9.87. The fourth-order valence-corrected chi connectivity index (χ4v) is 1.24. The topological polar surface area (TPSA) is 21.6 Å². The summed E-state index contributed by atoms with van der Waals surface area (Å²) in [5, 5.41) is 3.83. The molecule has 1 aromatic rings. The number of benzene rings is 1. The summed E-state index contributed by atoms with van der Waals surface area (Å²) in [6, 6.07) is 8.38. The Morgan fingerprint density at radius 3 is 2.27 bits per heavy atom. The smallest absolute Gasteiger partial charge is 0.114 e. The molecule has 15 heavy (non-hydrogen) atoms. The van der Waals surface area contributed by atoms with Crippen LogP contribution in [0.25, 0.3) is 0 Å². The molecule has 0 bridgehead atoms. The third-order valence-electron chi connectivity index (χ3n) is 2.18. The Bertz CT molecular complexity index is 319. The molecule has 0 saturated carbocycles. The zero-order chi connectivity index (χ0) is 11.3. The zero-order valence-corrected chi connectivity index (χ0v) is 9.95. The normalized spacial score (nSPS) is 12.0. The molecule has 82 valence electrons. The van der Waals surface area contributed by atoms with Crippen LogP contribution in [0.5, 0.6) is 0 Å². The van der Waals surface area contributed by atoms with Gasteiger partial charge in [0.25, 0.3) is 0 Å². The maximum atomic E-state index is 4.90. The van der Waals surface area contributed by atoms with Crippen molar-refractivity contribution in [2.75, 3.05) is 6.61 Å². The van der Waals surface area contributed by atoms with Gasteiger partial charge in [0, 0.05) is 0 Å². The van der Waals surface area contributed by atoms with Crippen LogP contribution in [0, 0.1) is 0 Å². The molecule has 0 fully saturated rings. The van der Waals surface area contributed by atoms with E-state index in [2.05, 4.69) is 50.2 Å². The van der Waals surface area contributed by atoms with E-state index in [0.717, 1.165) is 5.56 Å². The van der Waals surface area contributed by atoms with Crippen LogP contribution in [0.2, 0.25) is 0 Å². The molecule has 0 atom stereocenters. The number of nitrogens with zero attached hydrogens (tertiary/aromatic N) is 1. The SMILES string of the molecule is CCO/N=C/c1ccc(C(C)(C)C)cc1. The maximum absolute atomic E-state index is 4.90. The Labute approximate surface area is 91.9 Å². The highest BCUT2D eigenvalue weighted by Crippen LogP contribution is 2.21. The molecular formula is C13H19NO. The van der Waals surface area contributed by atoms with E-state index in [1.165, 1.54) is 5.56 Å². The molecule has 1 aromatic carbocycles. The van der Waals surface area contributed by atoms with E-state index in [9.17, 15) is 0 Å². The summed E-state index contributed by atoms with van der Waals surface area (Å²) in [5.74, 6) is 0. The first-order valence-electron chi connectivity index (χ1n) is 5.30. The highest BCUT2D eigenvalue weighted by molar-refractivity contribution is 5.79. The van der Waals surface area contributed by atoms with Crippen LogP contribution in [0.15, 0.2) is 29.4 Å². The minimum absolute atomic E-state index is 0.204. The predicted octanol–water partition coefficient (Wildman–Crippen LogP) is 3.35. The van der Waals surface area contributed by atoms with Crippen molar-refractivity contribution in [2.45, 2.75) is 33.1 Å². The van der Waals surface area contributed by atoms with Crippen LogP contribution in [-0.4, -0.2) is 12.8 Å². The number of hydrogen-bond acceptors (Lipinski definition) is 2. The van der Waals surface area contributed by atoms with Gasteiger partial charge in [-0.25, -0.2) is 0 Å². The molecular weight excluding hydrogens is 186 g/mol. The Kier molecular flexibility index (Phi) is 3.89. The lowest BCUT2D eigenvalue weighted by molar-refractivity contribution is 0.160. The molecule has 0 N–H and O–H groups in total. The van der Waals surface area contributed by atoms with Crippen LogP contribution in [0.1, 0.15) is 38.8 Å². The standard InChI is InChI=1S/C13H19NO/c1-5-15-14-10-11-6-8-12(9-7-11)13(2,3)4/h6-10H,5H2,1-4H3/b14-10+. The summed E-state index contributed by atoms with van der Waals surface area (Å²) >= 11 is 0. The molecule has 2 heteroatoms. The predicted molar refractivity (Wildman–Crippen MR) is 64.4 cm³/mol. The lowest BCUT2D eigenvalue weighted by Gasteiger charge is -2.18. The largest absolute Gasteiger partial charge is 0.396 e. The Morgan fingerprint density at radius 2 is 1.80 bits per heavy atom. The van der Waals surface area contributed by atoms with Gasteiger partial charge in [-0.15, -0.1) is 0 Å². The second kappa shape index (κ2) is 4.96. The van der Waals surface area contributed by atoms with Gasteiger partial charge in [0.2, 0.25) is 0 Å². The first-order chi connectivity index (χ1) is 7.04. The van der Waals surface area contributed by atoms with E-state index in [1.807, 2.05) is 6.92 Å². The second-order valence-corrected chi connectivity index (χ2v) is 4.52. The minimum atomic E-state index is 0.204. The van der Waals surface area contributed by atoms with E-state index in [4.69, 9.17) is 4.84 Å². The molecule has 2 nitrogen and oxygen atoms in total. The van der Waals surface area contributed by atoms with E-state index in [0.29, 0.717) is 6.61 Å². The van der Waals surface area contributed by atoms with Gasteiger partial charge in [-0.05, 0) is 23.5 Å². The van der Waals surface area contributed by atoms with Crippen molar-refractivity contribution in [1.82, 2.24) is 0 Å². The monoisotopic (exact) mass is 205 g/mol. The average molecular weight is 205 g/mol. The Morgan fingerprint density at radius 1 is 1.20 bits per heavy atom. The summed E-state index contributed by atoms with van der Waals surface area (Å²) in [4.78, 5) is 4.90. The molecule has 0 saturated heterocycles. The van der Waals surface area contributed by atoms with Crippen molar-refractivity contribution in [3.63, 3.8) is 0 Å². The summed E-state index contributed by atoms with van der Waals surface area (Å²) < 4.78 is 0. The third-order valence-corrected chi connectivity index (χ3v) is 2.18. The molecule has 0 heterocycles. The van der Waals surface area contributed by atoms with Crippen molar-refractivity contribution in [3.8, 4) is 0 Å². The van der Waals surface area contributed by atoms with Crippen molar-refractivity contribution >= 4 is 6.21 Å². The quantitative estimate of drug-likeness (QED) is 0.547. The van der Waals surface area contributed by atoms with Gasteiger partial charge < -0.3 is 4.84 Å². The van der Waals surface area contributed by atoms with Crippen molar-refractivity contribution in [1.29, 1.82) is 0 Å². The number of oxime groups is 1. The van der Waals surface area contributed by atoms with Gasteiger partial charge in [0.1, 0.15) is 6.61 Å². The van der Waals surface area contributed by atoms with Crippen LogP contribution >= 0.6 is 0 Å². The van der Waals surface area contributed by atoms with Gasteiger partial charge in [-0.2, -0.15) is 0 Å². The Hall–Kier alpha value is -1.31. The number of rotatable bonds is 3. The van der Waals surface area contributed by atoms with Crippen molar-refractivity contribution in [2.24, 2.45) is 5.16 Å². The average Bonchev–Trinajstić information content (AvgIpc) is 2.18. The maximum Gasteiger partial charge on any atom is 0.114 e. The summed E-state index contributed by atoms with van der Waals surface area (Å²) in [6.07, 6.45) is 1.73. The van der Waals surface area contributed by atoms with E-state index >= 15 is 0 Å². The van der Waals surface area contributed by atoms with Crippen molar-refractivity contribution in [3.05, 3.63) is 35.4 Å². The van der Waals surface area contributed by atoms with Gasteiger partial charge in [-0.3, -0.25) is 0 Å². The highest BCUT2D eigenvalue weighted by Gasteiger charge is 2.12. The van der Waals surface area contributed by atoms with Gasteiger partial charge >= 0.3 is 0 Å². The van der Waals surface area contributed by atoms with Crippen LogP contribution in [0.4, 0.5) is 0 Å². The first kappa shape index (κ1) is 11.8. The molecule has 0 aliphatic rings. The third kappa shape index (κ3) is 3.74. The molecule has 0 unspecified atom stereocenters. The summed E-state index contributed by atoms with van der Waals surface area (Å²) in [5.41, 5.74) is 2.60. The molecule has 0 aliphatic carbocycles. The van der Waals surface area contributed by atoms with Gasteiger partial charge in [0.15, 0.2) is 0 Å². The first-order valence-corrected chi connectivity index (χ1v) is 5.30. The van der Waals surface area contributed by atoms with Crippen LogP contribution < -0.4 is 0 Å². The molecule has 0 amide bonds. The fourth-order valence-electron chi connectivity index (χ4n) is 1.24. The fraction of sp³-hybridized carbons (Fsp3) is 0.462. The number of hydrogen-bond donors (Lipinski definition) is 0.